The lowest BCUT2D eigenvalue weighted by Crippen LogP contribution is -2.02. The van der Waals surface area contributed by atoms with Gasteiger partial charge in [0.2, 0.25) is 0 Å². The molecule has 0 N–H and O–H groups in total. The average Bonchev–Trinajstić information content (AvgIpc) is 2.17. The molecule has 0 aliphatic heterocycles. The van der Waals surface area contributed by atoms with Gasteiger partial charge >= 0.3 is 5.97 Å². The van der Waals surface area contributed by atoms with Crippen LogP contribution in [0.3, 0.4) is 0 Å². The molecule has 0 unspecified atom stereocenters. The zero-order valence-electron chi connectivity index (χ0n) is 7.26. The first-order valence-electron chi connectivity index (χ1n) is 3.72. The third-order valence-corrected chi connectivity index (χ3v) is 2.00. The van der Waals surface area contributed by atoms with E-state index in [2.05, 4.69) is 4.74 Å². The Labute approximate surface area is 84.4 Å². The Kier molecular flexibility index (Phi) is 3.41. The summed E-state index contributed by atoms with van der Waals surface area (Å²) < 4.78 is 29.1. The Morgan fingerprint density at radius 2 is 2.14 bits per heavy atom. The van der Waals surface area contributed by atoms with E-state index in [0.29, 0.717) is 0 Å². The topological polar surface area (TPSA) is 26.3 Å². The molecule has 1 aromatic rings. The largest absolute Gasteiger partial charge is 0.465 e. The van der Waals surface area contributed by atoms with Crippen LogP contribution in [-0.4, -0.2) is 13.1 Å². The molecule has 0 bridgehead atoms. The third kappa shape index (κ3) is 2.20. The molecule has 2 nitrogen and oxygen atoms in total. The van der Waals surface area contributed by atoms with E-state index in [1.54, 1.807) is 0 Å². The minimum Gasteiger partial charge on any atom is -0.465 e. The zero-order valence-corrected chi connectivity index (χ0v) is 8.02. The summed E-state index contributed by atoms with van der Waals surface area (Å²) in [4.78, 5) is 11.0. The molecule has 0 aromatic heterocycles. The average molecular weight is 221 g/mol. The standard InChI is InChI=1S/C9H7ClF2O2/c1-14-9(13)5-2-3-7(10)6(4-5)8(11)12/h2-4,8H,1H3. The van der Waals surface area contributed by atoms with Crippen molar-refractivity contribution in [2.45, 2.75) is 6.43 Å². The van der Waals surface area contributed by atoms with Gasteiger partial charge in [-0.2, -0.15) is 0 Å². The first kappa shape index (κ1) is 10.9. The first-order valence-corrected chi connectivity index (χ1v) is 4.10. The van der Waals surface area contributed by atoms with E-state index in [9.17, 15) is 13.6 Å². The van der Waals surface area contributed by atoms with Crippen molar-refractivity contribution < 1.29 is 18.3 Å². The molecule has 5 heteroatoms. The molecular formula is C9H7ClF2O2. The molecule has 0 spiro atoms. The van der Waals surface area contributed by atoms with Gasteiger partial charge in [-0.1, -0.05) is 11.6 Å². The number of alkyl halides is 2. The van der Waals surface area contributed by atoms with Crippen LogP contribution in [-0.2, 0) is 4.74 Å². The summed E-state index contributed by atoms with van der Waals surface area (Å²) in [6.07, 6.45) is -2.70. The summed E-state index contributed by atoms with van der Waals surface area (Å²) in [6.45, 7) is 0. The second-order valence-corrected chi connectivity index (χ2v) is 2.94. The number of methoxy groups -OCH3 is 1. The highest BCUT2D eigenvalue weighted by molar-refractivity contribution is 6.31. The molecule has 1 rings (SSSR count). The first-order chi connectivity index (χ1) is 6.56. The maximum absolute atomic E-state index is 12.3. The van der Waals surface area contributed by atoms with Crippen LogP contribution in [0.5, 0.6) is 0 Å². The maximum atomic E-state index is 12.3. The number of esters is 1. The van der Waals surface area contributed by atoms with Crippen molar-refractivity contribution in [3.63, 3.8) is 0 Å². The van der Waals surface area contributed by atoms with E-state index < -0.39 is 12.4 Å². The molecule has 0 saturated heterocycles. The number of hydrogen-bond donors (Lipinski definition) is 0. The van der Waals surface area contributed by atoms with Gasteiger partial charge in [0, 0.05) is 10.6 Å². The Hall–Kier alpha value is -1.16. The fraction of sp³-hybridized carbons (Fsp3) is 0.222. The van der Waals surface area contributed by atoms with Crippen molar-refractivity contribution in [1.82, 2.24) is 0 Å². The summed E-state index contributed by atoms with van der Waals surface area (Å²) in [5.41, 5.74) is -0.304. The van der Waals surface area contributed by atoms with E-state index in [1.165, 1.54) is 19.2 Å². The van der Waals surface area contributed by atoms with E-state index >= 15 is 0 Å². The highest BCUT2D eigenvalue weighted by Crippen LogP contribution is 2.27. The zero-order chi connectivity index (χ0) is 10.7. The second kappa shape index (κ2) is 4.37. The molecule has 0 aliphatic carbocycles. The molecule has 0 amide bonds. The van der Waals surface area contributed by atoms with Crippen LogP contribution in [0.1, 0.15) is 22.3 Å². The van der Waals surface area contributed by atoms with Crippen molar-refractivity contribution in [2.75, 3.05) is 7.11 Å². The van der Waals surface area contributed by atoms with E-state index in [-0.39, 0.29) is 16.1 Å². The fourth-order valence-corrected chi connectivity index (χ4v) is 1.16. The molecule has 0 saturated carbocycles. The molecule has 76 valence electrons. The smallest absolute Gasteiger partial charge is 0.337 e. The van der Waals surface area contributed by atoms with Crippen LogP contribution < -0.4 is 0 Å². The van der Waals surface area contributed by atoms with E-state index in [4.69, 9.17) is 11.6 Å². The molecule has 0 fully saturated rings. The Bertz CT molecular complexity index is 353. The number of ether oxygens (including phenoxy) is 1. The summed E-state index contributed by atoms with van der Waals surface area (Å²) in [5.74, 6) is -0.663. The number of benzene rings is 1. The van der Waals surface area contributed by atoms with Crippen molar-refractivity contribution in [1.29, 1.82) is 0 Å². The summed E-state index contributed by atoms with van der Waals surface area (Å²) in [7, 11) is 1.18. The monoisotopic (exact) mass is 220 g/mol. The Morgan fingerprint density at radius 1 is 1.50 bits per heavy atom. The van der Waals surface area contributed by atoms with Crippen LogP contribution in [0.15, 0.2) is 18.2 Å². The number of carbonyl (C=O) groups is 1. The summed E-state index contributed by atoms with van der Waals surface area (Å²) in [6, 6.07) is 3.61. The maximum Gasteiger partial charge on any atom is 0.337 e. The van der Waals surface area contributed by atoms with Gasteiger partial charge in [-0.25, -0.2) is 13.6 Å². The van der Waals surface area contributed by atoms with Gasteiger partial charge in [0.05, 0.1) is 12.7 Å². The lowest BCUT2D eigenvalue weighted by atomic mass is 10.1. The summed E-state index contributed by atoms with van der Waals surface area (Å²) >= 11 is 5.51. The van der Waals surface area contributed by atoms with Gasteiger partial charge in [-0.3, -0.25) is 0 Å². The van der Waals surface area contributed by atoms with Crippen molar-refractivity contribution in [3.8, 4) is 0 Å². The Morgan fingerprint density at radius 3 is 2.64 bits per heavy atom. The highest BCUT2D eigenvalue weighted by atomic mass is 35.5. The molecule has 0 radical (unpaired) electrons. The highest BCUT2D eigenvalue weighted by Gasteiger charge is 2.15. The van der Waals surface area contributed by atoms with Gasteiger partial charge in [-0.05, 0) is 18.2 Å². The number of carbonyl (C=O) groups excluding carboxylic acids is 1. The van der Waals surface area contributed by atoms with Crippen LogP contribution >= 0.6 is 11.6 Å². The SMILES string of the molecule is COC(=O)c1ccc(Cl)c(C(F)F)c1. The van der Waals surface area contributed by atoms with Crippen molar-refractivity contribution in [2.24, 2.45) is 0 Å². The normalized spacial score (nSPS) is 10.4. The second-order valence-electron chi connectivity index (χ2n) is 2.53. The third-order valence-electron chi connectivity index (χ3n) is 1.65. The van der Waals surface area contributed by atoms with Crippen LogP contribution in [0.2, 0.25) is 5.02 Å². The minimum atomic E-state index is -2.70. The van der Waals surface area contributed by atoms with E-state index in [1.807, 2.05) is 0 Å². The van der Waals surface area contributed by atoms with E-state index in [0.717, 1.165) is 6.07 Å². The Balaban J connectivity index is 3.13. The quantitative estimate of drug-likeness (QED) is 0.716. The molecule has 0 atom stereocenters. The predicted molar refractivity (Wildman–Crippen MR) is 47.7 cm³/mol. The van der Waals surface area contributed by atoms with Crippen molar-refractivity contribution in [3.05, 3.63) is 34.3 Å². The molecule has 14 heavy (non-hydrogen) atoms. The fourth-order valence-electron chi connectivity index (χ4n) is 0.956. The lowest BCUT2D eigenvalue weighted by molar-refractivity contribution is 0.0600. The number of hydrogen-bond acceptors (Lipinski definition) is 2. The molecule has 1 aromatic carbocycles. The van der Waals surface area contributed by atoms with Gasteiger partial charge in [0.1, 0.15) is 0 Å². The number of halogens is 3. The molecule has 0 aliphatic rings. The predicted octanol–water partition coefficient (Wildman–Crippen LogP) is 3.06. The van der Waals surface area contributed by atoms with Crippen LogP contribution in [0.25, 0.3) is 0 Å². The van der Waals surface area contributed by atoms with Crippen LogP contribution in [0, 0.1) is 0 Å². The number of rotatable bonds is 2. The summed E-state index contributed by atoms with van der Waals surface area (Å²) in [5, 5.41) is -0.0624. The van der Waals surface area contributed by atoms with Gasteiger partial charge in [0.15, 0.2) is 0 Å². The van der Waals surface area contributed by atoms with Gasteiger partial charge < -0.3 is 4.74 Å². The minimum absolute atomic E-state index is 0.0622. The lowest BCUT2D eigenvalue weighted by Gasteiger charge is -2.05. The molecular weight excluding hydrogens is 214 g/mol. The van der Waals surface area contributed by atoms with Crippen molar-refractivity contribution >= 4 is 17.6 Å². The van der Waals surface area contributed by atoms with Gasteiger partial charge in [0.25, 0.3) is 6.43 Å². The molecule has 0 heterocycles. The van der Waals surface area contributed by atoms with Crippen LogP contribution in [0.4, 0.5) is 8.78 Å². The van der Waals surface area contributed by atoms with Gasteiger partial charge in [-0.15, -0.1) is 0 Å².